The van der Waals surface area contributed by atoms with E-state index in [1.54, 1.807) is 0 Å². The Morgan fingerprint density at radius 2 is 2.06 bits per heavy atom. The van der Waals surface area contributed by atoms with Crippen LogP contribution >= 0.6 is 0 Å². The third-order valence-corrected chi connectivity index (χ3v) is 3.09. The first-order chi connectivity index (χ1) is 8.46. The highest BCUT2D eigenvalue weighted by atomic mass is 15.0. The highest BCUT2D eigenvalue weighted by Gasteiger charge is 2.07. The van der Waals surface area contributed by atoms with Crippen LogP contribution in [-0.2, 0) is 13.5 Å². The molecule has 3 heteroatoms. The molecule has 1 N–H and O–H groups in total. The molecule has 0 atom stereocenters. The number of imidazole rings is 1. The maximum Gasteiger partial charge on any atom is 0.0955 e. The molecule has 0 fully saturated rings. The van der Waals surface area contributed by atoms with Gasteiger partial charge in [-0.15, -0.1) is 0 Å². The second kappa shape index (κ2) is 5.11. The second-order valence-corrected chi connectivity index (χ2v) is 5.96. The summed E-state index contributed by atoms with van der Waals surface area (Å²) in [6.07, 6.45) is 4.14. The van der Waals surface area contributed by atoms with Crippen LogP contribution in [0.2, 0.25) is 0 Å². The SMILES string of the molecule is Cn1cnc2cc(CCCNC(C)(C)C)ccc21. The Morgan fingerprint density at radius 1 is 1.28 bits per heavy atom. The third-order valence-electron chi connectivity index (χ3n) is 3.09. The number of benzene rings is 1. The van der Waals surface area contributed by atoms with Gasteiger partial charge in [0.1, 0.15) is 0 Å². The Morgan fingerprint density at radius 3 is 2.78 bits per heavy atom. The zero-order chi connectivity index (χ0) is 13.2. The van der Waals surface area contributed by atoms with E-state index in [2.05, 4.69) is 53.8 Å². The Bertz CT molecular complexity index is 520. The van der Waals surface area contributed by atoms with Gasteiger partial charge in [-0.25, -0.2) is 4.98 Å². The van der Waals surface area contributed by atoms with Crippen molar-refractivity contribution in [1.82, 2.24) is 14.9 Å². The zero-order valence-electron chi connectivity index (χ0n) is 11.8. The van der Waals surface area contributed by atoms with Gasteiger partial charge in [0.15, 0.2) is 0 Å². The molecule has 0 spiro atoms. The first-order valence-corrected chi connectivity index (χ1v) is 6.61. The van der Waals surface area contributed by atoms with Gasteiger partial charge in [0, 0.05) is 12.6 Å². The molecule has 2 aromatic rings. The fourth-order valence-electron chi connectivity index (χ4n) is 2.09. The maximum atomic E-state index is 4.39. The minimum Gasteiger partial charge on any atom is -0.334 e. The van der Waals surface area contributed by atoms with Crippen LogP contribution in [0, 0.1) is 0 Å². The van der Waals surface area contributed by atoms with Crippen molar-refractivity contribution < 1.29 is 0 Å². The minimum atomic E-state index is 0.213. The van der Waals surface area contributed by atoms with Crippen LogP contribution in [0.3, 0.4) is 0 Å². The minimum absolute atomic E-state index is 0.213. The van der Waals surface area contributed by atoms with E-state index in [1.165, 1.54) is 11.1 Å². The van der Waals surface area contributed by atoms with Gasteiger partial charge in [-0.3, -0.25) is 0 Å². The molecule has 1 aromatic heterocycles. The molecule has 18 heavy (non-hydrogen) atoms. The Hall–Kier alpha value is -1.35. The lowest BCUT2D eigenvalue weighted by atomic mass is 10.1. The smallest absolute Gasteiger partial charge is 0.0955 e. The molecule has 1 aromatic carbocycles. The molecule has 0 bridgehead atoms. The lowest BCUT2D eigenvalue weighted by molar-refractivity contribution is 0.422. The van der Waals surface area contributed by atoms with Crippen LogP contribution in [0.1, 0.15) is 32.8 Å². The largest absolute Gasteiger partial charge is 0.334 e. The second-order valence-electron chi connectivity index (χ2n) is 5.96. The lowest BCUT2D eigenvalue weighted by Gasteiger charge is -2.20. The topological polar surface area (TPSA) is 29.9 Å². The van der Waals surface area contributed by atoms with E-state index >= 15 is 0 Å². The van der Waals surface area contributed by atoms with Crippen molar-refractivity contribution >= 4 is 11.0 Å². The van der Waals surface area contributed by atoms with E-state index in [0.717, 1.165) is 24.9 Å². The number of hydrogen-bond acceptors (Lipinski definition) is 2. The number of fused-ring (bicyclic) bond motifs is 1. The van der Waals surface area contributed by atoms with Gasteiger partial charge in [-0.05, 0) is 57.9 Å². The molecular weight excluding hydrogens is 222 g/mol. The standard InChI is InChI=1S/C15H23N3/c1-15(2,3)17-9-5-6-12-7-8-14-13(10-12)16-11-18(14)4/h7-8,10-11,17H,5-6,9H2,1-4H3. The van der Waals surface area contributed by atoms with Gasteiger partial charge < -0.3 is 9.88 Å². The monoisotopic (exact) mass is 245 g/mol. The summed E-state index contributed by atoms with van der Waals surface area (Å²) in [6, 6.07) is 6.57. The molecule has 2 rings (SSSR count). The summed E-state index contributed by atoms with van der Waals surface area (Å²) in [7, 11) is 2.03. The zero-order valence-corrected chi connectivity index (χ0v) is 11.8. The van der Waals surface area contributed by atoms with Gasteiger partial charge in [0.05, 0.1) is 17.4 Å². The van der Waals surface area contributed by atoms with E-state index in [0.29, 0.717) is 0 Å². The van der Waals surface area contributed by atoms with E-state index in [4.69, 9.17) is 0 Å². The highest BCUT2D eigenvalue weighted by molar-refractivity contribution is 5.75. The van der Waals surface area contributed by atoms with E-state index in [1.807, 2.05) is 13.4 Å². The predicted molar refractivity (Wildman–Crippen MR) is 76.8 cm³/mol. The molecular formula is C15H23N3. The summed E-state index contributed by atoms with van der Waals surface area (Å²) in [5, 5.41) is 3.51. The average molecular weight is 245 g/mol. The summed E-state index contributed by atoms with van der Waals surface area (Å²) in [6.45, 7) is 7.66. The average Bonchev–Trinajstić information content (AvgIpc) is 2.65. The number of nitrogens with zero attached hydrogens (tertiary/aromatic N) is 2. The first-order valence-electron chi connectivity index (χ1n) is 6.61. The fourth-order valence-corrected chi connectivity index (χ4v) is 2.09. The first kappa shape index (κ1) is 13.1. The van der Waals surface area contributed by atoms with Crippen molar-refractivity contribution in [2.45, 2.75) is 39.2 Å². The van der Waals surface area contributed by atoms with Crippen LogP contribution in [-0.4, -0.2) is 21.6 Å². The highest BCUT2D eigenvalue weighted by Crippen LogP contribution is 2.15. The van der Waals surface area contributed by atoms with Crippen LogP contribution in [0.5, 0.6) is 0 Å². The number of rotatable bonds is 4. The van der Waals surface area contributed by atoms with Crippen molar-refractivity contribution in [2.75, 3.05) is 6.54 Å². The van der Waals surface area contributed by atoms with Crippen LogP contribution in [0.15, 0.2) is 24.5 Å². The van der Waals surface area contributed by atoms with Crippen LogP contribution < -0.4 is 5.32 Å². The van der Waals surface area contributed by atoms with Gasteiger partial charge >= 0.3 is 0 Å². The Balaban J connectivity index is 1.92. The summed E-state index contributed by atoms with van der Waals surface area (Å²) < 4.78 is 2.06. The van der Waals surface area contributed by atoms with Gasteiger partial charge in [0.25, 0.3) is 0 Å². The van der Waals surface area contributed by atoms with Gasteiger partial charge in [-0.1, -0.05) is 6.07 Å². The molecule has 98 valence electrons. The normalized spacial score (nSPS) is 12.2. The summed E-state index contributed by atoms with van der Waals surface area (Å²) >= 11 is 0. The molecule has 0 saturated carbocycles. The number of nitrogens with one attached hydrogen (secondary N) is 1. The maximum absolute atomic E-state index is 4.39. The van der Waals surface area contributed by atoms with E-state index in [-0.39, 0.29) is 5.54 Å². The summed E-state index contributed by atoms with van der Waals surface area (Å²) in [5.74, 6) is 0. The Labute approximate surface area is 109 Å². The van der Waals surface area contributed by atoms with Crippen molar-refractivity contribution in [3.63, 3.8) is 0 Å². The van der Waals surface area contributed by atoms with E-state index in [9.17, 15) is 0 Å². The molecule has 1 heterocycles. The third kappa shape index (κ3) is 3.33. The van der Waals surface area contributed by atoms with Crippen molar-refractivity contribution in [3.8, 4) is 0 Å². The van der Waals surface area contributed by atoms with Crippen molar-refractivity contribution in [3.05, 3.63) is 30.1 Å². The number of hydrogen-bond donors (Lipinski definition) is 1. The molecule has 0 unspecified atom stereocenters. The van der Waals surface area contributed by atoms with Gasteiger partial charge in [-0.2, -0.15) is 0 Å². The predicted octanol–water partition coefficient (Wildman–Crippen LogP) is 2.89. The summed E-state index contributed by atoms with van der Waals surface area (Å²) in [4.78, 5) is 4.39. The Kier molecular flexibility index (Phi) is 3.71. The fraction of sp³-hybridized carbons (Fsp3) is 0.533. The molecule has 0 radical (unpaired) electrons. The quantitative estimate of drug-likeness (QED) is 0.839. The molecule has 0 aliphatic heterocycles. The van der Waals surface area contributed by atoms with Crippen LogP contribution in [0.25, 0.3) is 11.0 Å². The van der Waals surface area contributed by atoms with E-state index < -0.39 is 0 Å². The molecule has 0 aliphatic rings. The molecule has 3 nitrogen and oxygen atoms in total. The number of aryl methyl sites for hydroxylation is 2. The lowest BCUT2D eigenvalue weighted by Crippen LogP contribution is -2.36. The molecule has 0 amide bonds. The van der Waals surface area contributed by atoms with Crippen molar-refractivity contribution in [2.24, 2.45) is 7.05 Å². The molecule has 0 saturated heterocycles. The summed E-state index contributed by atoms with van der Waals surface area (Å²) in [5.41, 5.74) is 3.88. The van der Waals surface area contributed by atoms with Gasteiger partial charge in [0.2, 0.25) is 0 Å². The van der Waals surface area contributed by atoms with Crippen LogP contribution in [0.4, 0.5) is 0 Å². The van der Waals surface area contributed by atoms with Crippen molar-refractivity contribution in [1.29, 1.82) is 0 Å². The number of aromatic nitrogens is 2. The molecule has 0 aliphatic carbocycles.